The summed E-state index contributed by atoms with van der Waals surface area (Å²) in [4.78, 5) is 24.6. The van der Waals surface area contributed by atoms with Crippen molar-refractivity contribution in [3.8, 4) is 0 Å². The highest BCUT2D eigenvalue weighted by Gasteiger charge is 2.45. The van der Waals surface area contributed by atoms with Crippen molar-refractivity contribution in [3.63, 3.8) is 0 Å². The number of nitrogens with two attached hydrogens (primary N) is 1. The molecule has 3 unspecified atom stereocenters. The van der Waals surface area contributed by atoms with Crippen LogP contribution in [0.3, 0.4) is 0 Å². The van der Waals surface area contributed by atoms with Gasteiger partial charge in [0.1, 0.15) is 11.6 Å². The summed E-state index contributed by atoms with van der Waals surface area (Å²) in [6, 6.07) is 0. The molecule has 2 fully saturated rings. The average molecular weight is 242 g/mol. The molecule has 2 rings (SSSR count). The Kier molecular flexibility index (Phi) is 3.09. The van der Waals surface area contributed by atoms with Crippen LogP contribution in [0.15, 0.2) is 0 Å². The first-order valence-corrected chi connectivity index (χ1v) is 5.87. The van der Waals surface area contributed by atoms with Crippen molar-refractivity contribution < 1.29 is 19.4 Å². The van der Waals surface area contributed by atoms with Gasteiger partial charge in [-0.2, -0.15) is 0 Å². The molecule has 2 aliphatic heterocycles. The van der Waals surface area contributed by atoms with Gasteiger partial charge in [-0.1, -0.05) is 6.92 Å². The minimum Gasteiger partial charge on any atom is -0.480 e. The number of likely N-dealkylation sites (tertiary alicyclic amines) is 1. The summed E-state index contributed by atoms with van der Waals surface area (Å²) in [5.41, 5.74) is 4.43. The maximum atomic E-state index is 12.1. The van der Waals surface area contributed by atoms with Gasteiger partial charge in [-0.3, -0.25) is 9.59 Å². The minimum absolute atomic E-state index is 0.0771. The fourth-order valence-corrected chi connectivity index (χ4v) is 2.39. The second-order valence-electron chi connectivity index (χ2n) is 5.03. The summed E-state index contributed by atoms with van der Waals surface area (Å²) in [6.07, 6.45) is 0.748. The van der Waals surface area contributed by atoms with Crippen LogP contribution in [0, 0.1) is 5.92 Å². The predicted octanol–water partition coefficient (Wildman–Crippen LogP) is -0.574. The van der Waals surface area contributed by atoms with Gasteiger partial charge in [-0.25, -0.2) is 0 Å². The van der Waals surface area contributed by atoms with Crippen LogP contribution in [-0.2, 0) is 14.3 Å². The molecule has 0 aromatic heterocycles. The van der Waals surface area contributed by atoms with Crippen LogP contribution in [0.5, 0.6) is 0 Å². The van der Waals surface area contributed by atoms with Crippen molar-refractivity contribution in [2.45, 2.75) is 31.4 Å². The standard InChI is InChI=1S/C11H18N2O4/c1-7-2-5-17-8(7)9(14)13-4-3-11(12,6-13)10(15)16/h7-8H,2-6,12H2,1H3,(H,15,16). The van der Waals surface area contributed by atoms with Crippen LogP contribution in [0.25, 0.3) is 0 Å². The second kappa shape index (κ2) is 4.27. The monoisotopic (exact) mass is 242 g/mol. The van der Waals surface area contributed by atoms with Crippen molar-refractivity contribution in [2.24, 2.45) is 11.7 Å². The van der Waals surface area contributed by atoms with E-state index < -0.39 is 17.6 Å². The van der Waals surface area contributed by atoms with Crippen LogP contribution in [0.2, 0.25) is 0 Å². The Hall–Kier alpha value is -1.14. The number of rotatable bonds is 2. The molecule has 2 aliphatic rings. The molecule has 2 saturated heterocycles. The number of carbonyl (C=O) groups excluding carboxylic acids is 1. The average Bonchev–Trinajstić information content (AvgIpc) is 2.85. The third-order valence-electron chi connectivity index (χ3n) is 3.67. The third kappa shape index (κ3) is 2.14. The lowest BCUT2D eigenvalue weighted by molar-refractivity contribution is -0.144. The molecule has 96 valence electrons. The van der Waals surface area contributed by atoms with E-state index in [4.69, 9.17) is 15.6 Å². The maximum absolute atomic E-state index is 12.1. The number of nitrogens with zero attached hydrogens (tertiary/aromatic N) is 1. The van der Waals surface area contributed by atoms with Gasteiger partial charge in [0.05, 0.1) is 0 Å². The normalized spacial score (nSPS) is 37.4. The molecule has 3 atom stereocenters. The minimum atomic E-state index is -1.29. The van der Waals surface area contributed by atoms with Gasteiger partial charge < -0.3 is 20.5 Å². The van der Waals surface area contributed by atoms with Crippen molar-refractivity contribution >= 4 is 11.9 Å². The number of amides is 1. The quantitative estimate of drug-likeness (QED) is 0.676. The van der Waals surface area contributed by atoms with Crippen LogP contribution in [-0.4, -0.2) is 53.2 Å². The Bertz CT molecular complexity index is 346. The van der Waals surface area contributed by atoms with Crippen molar-refractivity contribution in [2.75, 3.05) is 19.7 Å². The number of hydrogen-bond acceptors (Lipinski definition) is 4. The number of carboxylic acid groups (broad SMARTS) is 1. The molecule has 2 heterocycles. The number of carboxylic acids is 1. The Labute approximate surface area is 99.7 Å². The largest absolute Gasteiger partial charge is 0.480 e. The lowest BCUT2D eigenvalue weighted by atomic mass is 10.0. The van der Waals surface area contributed by atoms with Gasteiger partial charge in [0.15, 0.2) is 0 Å². The summed E-state index contributed by atoms with van der Waals surface area (Å²) in [7, 11) is 0. The van der Waals surface area contributed by atoms with Crippen LogP contribution in [0.4, 0.5) is 0 Å². The second-order valence-corrected chi connectivity index (χ2v) is 5.03. The Morgan fingerprint density at radius 2 is 2.24 bits per heavy atom. The first kappa shape index (κ1) is 12.3. The molecule has 1 amide bonds. The molecule has 3 N–H and O–H groups in total. The summed E-state index contributed by atoms with van der Waals surface area (Å²) in [5.74, 6) is -0.975. The maximum Gasteiger partial charge on any atom is 0.325 e. The molecule has 6 heteroatoms. The zero-order valence-corrected chi connectivity index (χ0v) is 9.89. The third-order valence-corrected chi connectivity index (χ3v) is 3.67. The van der Waals surface area contributed by atoms with Gasteiger partial charge in [0.25, 0.3) is 5.91 Å². The van der Waals surface area contributed by atoms with Crippen LogP contribution >= 0.6 is 0 Å². The van der Waals surface area contributed by atoms with E-state index in [-0.39, 0.29) is 18.4 Å². The summed E-state index contributed by atoms with van der Waals surface area (Å²) in [6.45, 7) is 3.04. The van der Waals surface area contributed by atoms with E-state index in [1.807, 2.05) is 6.92 Å². The van der Waals surface area contributed by atoms with Gasteiger partial charge in [0, 0.05) is 19.7 Å². The number of aliphatic carboxylic acids is 1. The topological polar surface area (TPSA) is 92.9 Å². The lowest BCUT2D eigenvalue weighted by Crippen LogP contribution is -2.51. The number of carbonyl (C=O) groups is 2. The molecular weight excluding hydrogens is 224 g/mol. The molecule has 17 heavy (non-hydrogen) atoms. The van der Waals surface area contributed by atoms with E-state index >= 15 is 0 Å². The van der Waals surface area contributed by atoms with Gasteiger partial charge >= 0.3 is 5.97 Å². The first-order valence-electron chi connectivity index (χ1n) is 5.87. The molecule has 6 nitrogen and oxygen atoms in total. The van der Waals surface area contributed by atoms with Gasteiger partial charge in [-0.05, 0) is 18.8 Å². The summed E-state index contributed by atoms with van der Waals surface area (Å²) in [5, 5.41) is 9.00. The SMILES string of the molecule is CC1CCOC1C(=O)N1CCC(N)(C(=O)O)C1. The smallest absolute Gasteiger partial charge is 0.325 e. The first-order chi connectivity index (χ1) is 7.94. The molecule has 0 aromatic rings. The molecule has 0 radical (unpaired) electrons. The fraction of sp³-hybridized carbons (Fsp3) is 0.818. The number of hydrogen-bond donors (Lipinski definition) is 2. The highest BCUT2D eigenvalue weighted by atomic mass is 16.5. The molecule has 0 saturated carbocycles. The number of ether oxygens (including phenoxy) is 1. The van der Waals surface area contributed by atoms with Crippen LogP contribution in [0.1, 0.15) is 19.8 Å². The Morgan fingerprint density at radius 3 is 2.71 bits per heavy atom. The van der Waals surface area contributed by atoms with Crippen molar-refractivity contribution in [1.82, 2.24) is 4.90 Å². The zero-order chi connectivity index (χ0) is 12.6. The van der Waals surface area contributed by atoms with Crippen LogP contribution < -0.4 is 5.73 Å². The Morgan fingerprint density at radius 1 is 1.53 bits per heavy atom. The lowest BCUT2D eigenvalue weighted by Gasteiger charge is -2.24. The molecular formula is C11H18N2O4. The van der Waals surface area contributed by atoms with E-state index in [0.717, 1.165) is 6.42 Å². The van der Waals surface area contributed by atoms with E-state index in [9.17, 15) is 9.59 Å². The fourth-order valence-electron chi connectivity index (χ4n) is 2.39. The van der Waals surface area contributed by atoms with Gasteiger partial charge in [-0.15, -0.1) is 0 Å². The molecule has 0 aliphatic carbocycles. The summed E-state index contributed by atoms with van der Waals surface area (Å²) >= 11 is 0. The zero-order valence-electron chi connectivity index (χ0n) is 9.89. The van der Waals surface area contributed by atoms with E-state index in [1.165, 1.54) is 4.90 Å². The van der Waals surface area contributed by atoms with Crippen molar-refractivity contribution in [1.29, 1.82) is 0 Å². The molecule has 0 bridgehead atoms. The highest BCUT2D eigenvalue weighted by molar-refractivity contribution is 5.85. The van der Waals surface area contributed by atoms with Gasteiger partial charge in [0.2, 0.25) is 0 Å². The molecule has 0 spiro atoms. The van der Waals surface area contributed by atoms with E-state index in [2.05, 4.69) is 0 Å². The van der Waals surface area contributed by atoms with Crippen molar-refractivity contribution in [3.05, 3.63) is 0 Å². The predicted molar refractivity (Wildman–Crippen MR) is 59.3 cm³/mol. The van der Waals surface area contributed by atoms with E-state index in [0.29, 0.717) is 19.6 Å². The molecule has 0 aromatic carbocycles. The van der Waals surface area contributed by atoms with E-state index in [1.54, 1.807) is 0 Å². The highest BCUT2D eigenvalue weighted by Crippen LogP contribution is 2.26. The summed E-state index contributed by atoms with van der Waals surface area (Å²) < 4.78 is 5.39. The Balaban J connectivity index is 2.01.